The molecule has 27 heavy (non-hydrogen) atoms. The molecular weight excluding hydrogens is 356 g/mol. The number of aryl methyl sites for hydroxylation is 1. The summed E-state index contributed by atoms with van der Waals surface area (Å²) in [7, 11) is -1.57. The fourth-order valence-electron chi connectivity index (χ4n) is 3.05. The number of anilines is 1. The van der Waals surface area contributed by atoms with Crippen LogP contribution >= 0.6 is 0 Å². The van der Waals surface area contributed by atoms with Crippen LogP contribution in [0.15, 0.2) is 89.8 Å². The van der Waals surface area contributed by atoms with Gasteiger partial charge < -0.3 is 4.90 Å². The molecule has 3 aromatic rings. The Bertz CT molecular complexity index is 973. The number of nitrogens with one attached hydrogen (secondary N) is 1. The minimum atomic E-state index is -3.56. The van der Waals surface area contributed by atoms with Crippen molar-refractivity contribution in [1.29, 1.82) is 0 Å². The molecule has 3 rings (SSSR count). The predicted molar refractivity (Wildman–Crippen MR) is 110 cm³/mol. The third-order valence-electron chi connectivity index (χ3n) is 4.58. The highest BCUT2D eigenvalue weighted by molar-refractivity contribution is 7.89. The van der Waals surface area contributed by atoms with Gasteiger partial charge in [0, 0.05) is 19.3 Å². The Labute approximate surface area is 161 Å². The van der Waals surface area contributed by atoms with Crippen LogP contribution < -0.4 is 9.62 Å². The number of nitrogens with zero attached hydrogens (tertiary/aromatic N) is 1. The van der Waals surface area contributed by atoms with E-state index in [2.05, 4.69) is 15.7 Å². The average molecular weight is 381 g/mol. The molecule has 3 aromatic carbocycles. The van der Waals surface area contributed by atoms with Crippen molar-refractivity contribution in [2.75, 3.05) is 18.5 Å². The van der Waals surface area contributed by atoms with Crippen LogP contribution in [0.25, 0.3) is 0 Å². The van der Waals surface area contributed by atoms with Crippen molar-refractivity contribution in [3.05, 3.63) is 96.1 Å². The molecular formula is C22H24N2O2S. The first kappa shape index (κ1) is 19.1. The average Bonchev–Trinajstić information content (AvgIpc) is 2.69. The standard InChI is InChI=1S/C22H24N2O2S/c1-18-10-9-13-20(16-18)24(2)22(19-11-5-3-6-12-19)17-23-27(25,26)21-14-7-4-8-15-21/h3-16,22-23H,17H2,1-2H3/t22-/m1/s1. The Morgan fingerprint density at radius 1 is 0.889 bits per heavy atom. The van der Waals surface area contributed by atoms with E-state index in [1.165, 1.54) is 0 Å². The molecule has 0 bridgehead atoms. The van der Waals surface area contributed by atoms with Gasteiger partial charge in [-0.1, -0.05) is 60.7 Å². The first-order valence-corrected chi connectivity index (χ1v) is 10.3. The summed E-state index contributed by atoms with van der Waals surface area (Å²) in [6.07, 6.45) is 0. The molecule has 0 spiro atoms. The van der Waals surface area contributed by atoms with Gasteiger partial charge in [-0.05, 0) is 42.3 Å². The maximum atomic E-state index is 12.7. The third-order valence-corrected chi connectivity index (χ3v) is 6.02. The van der Waals surface area contributed by atoms with Crippen LogP contribution in [-0.2, 0) is 10.0 Å². The van der Waals surface area contributed by atoms with E-state index in [-0.39, 0.29) is 17.5 Å². The second kappa shape index (κ2) is 8.37. The zero-order chi connectivity index (χ0) is 19.3. The first-order chi connectivity index (χ1) is 13.0. The van der Waals surface area contributed by atoms with Gasteiger partial charge in [-0.3, -0.25) is 0 Å². The van der Waals surface area contributed by atoms with Gasteiger partial charge in [-0.15, -0.1) is 0 Å². The van der Waals surface area contributed by atoms with E-state index in [4.69, 9.17) is 0 Å². The lowest BCUT2D eigenvalue weighted by Gasteiger charge is -2.31. The molecule has 0 aliphatic heterocycles. The quantitative estimate of drug-likeness (QED) is 0.670. The van der Waals surface area contributed by atoms with Gasteiger partial charge in [0.15, 0.2) is 0 Å². The Kier molecular flexibility index (Phi) is 5.94. The maximum absolute atomic E-state index is 12.7. The Hall–Kier alpha value is -2.63. The second-order valence-corrected chi connectivity index (χ2v) is 8.31. The van der Waals surface area contributed by atoms with E-state index in [0.717, 1.165) is 16.8 Å². The highest BCUT2D eigenvalue weighted by atomic mass is 32.2. The lowest BCUT2D eigenvalue weighted by atomic mass is 10.0. The Morgan fingerprint density at radius 3 is 2.15 bits per heavy atom. The topological polar surface area (TPSA) is 49.4 Å². The second-order valence-electron chi connectivity index (χ2n) is 6.54. The van der Waals surface area contributed by atoms with Crippen LogP contribution in [0.1, 0.15) is 17.2 Å². The lowest BCUT2D eigenvalue weighted by molar-refractivity contribution is 0.567. The molecule has 1 N–H and O–H groups in total. The molecule has 0 unspecified atom stereocenters. The van der Waals surface area contributed by atoms with Gasteiger partial charge >= 0.3 is 0 Å². The molecule has 0 fully saturated rings. The third kappa shape index (κ3) is 4.76. The van der Waals surface area contributed by atoms with Crippen LogP contribution in [-0.4, -0.2) is 22.0 Å². The summed E-state index contributed by atoms with van der Waals surface area (Å²) >= 11 is 0. The number of likely N-dealkylation sites (N-methyl/N-ethyl adjacent to an activating group) is 1. The molecule has 0 aromatic heterocycles. The highest BCUT2D eigenvalue weighted by Crippen LogP contribution is 2.26. The predicted octanol–water partition coefficient (Wildman–Crippen LogP) is 4.15. The van der Waals surface area contributed by atoms with Crippen molar-refractivity contribution in [2.45, 2.75) is 17.9 Å². The zero-order valence-electron chi connectivity index (χ0n) is 15.5. The maximum Gasteiger partial charge on any atom is 0.240 e. The molecule has 0 aliphatic carbocycles. The van der Waals surface area contributed by atoms with Crippen LogP contribution in [0.4, 0.5) is 5.69 Å². The van der Waals surface area contributed by atoms with Crippen molar-refractivity contribution in [2.24, 2.45) is 0 Å². The van der Waals surface area contributed by atoms with Crippen LogP contribution in [0.3, 0.4) is 0 Å². The fourth-order valence-corrected chi connectivity index (χ4v) is 4.11. The van der Waals surface area contributed by atoms with Gasteiger partial charge in [0.05, 0.1) is 10.9 Å². The van der Waals surface area contributed by atoms with Gasteiger partial charge in [0.1, 0.15) is 0 Å². The zero-order valence-corrected chi connectivity index (χ0v) is 16.4. The van der Waals surface area contributed by atoms with Crippen molar-refractivity contribution >= 4 is 15.7 Å². The summed E-state index contributed by atoms with van der Waals surface area (Å²) in [5.41, 5.74) is 3.26. The van der Waals surface area contributed by atoms with E-state index in [9.17, 15) is 8.42 Å². The summed E-state index contributed by atoms with van der Waals surface area (Å²) in [4.78, 5) is 2.38. The van der Waals surface area contributed by atoms with E-state index in [1.54, 1.807) is 30.3 Å². The van der Waals surface area contributed by atoms with Crippen molar-refractivity contribution in [3.63, 3.8) is 0 Å². The van der Waals surface area contributed by atoms with Crippen molar-refractivity contribution in [3.8, 4) is 0 Å². The minimum Gasteiger partial charge on any atom is -0.366 e. The summed E-state index contributed by atoms with van der Waals surface area (Å²) in [5.74, 6) is 0. The lowest BCUT2D eigenvalue weighted by Crippen LogP contribution is -2.36. The summed E-state index contributed by atoms with van der Waals surface area (Å²) < 4.78 is 28.1. The Morgan fingerprint density at radius 2 is 1.52 bits per heavy atom. The van der Waals surface area contributed by atoms with Gasteiger partial charge in [-0.2, -0.15) is 0 Å². The molecule has 0 radical (unpaired) electrons. The van der Waals surface area contributed by atoms with Gasteiger partial charge in [-0.25, -0.2) is 13.1 Å². The van der Waals surface area contributed by atoms with Crippen LogP contribution in [0, 0.1) is 6.92 Å². The SMILES string of the molecule is Cc1cccc(N(C)[C@H](CNS(=O)(=O)c2ccccc2)c2ccccc2)c1. The van der Waals surface area contributed by atoms with Gasteiger partial charge in [0.2, 0.25) is 10.0 Å². The number of rotatable bonds is 7. The normalized spacial score (nSPS) is 12.5. The molecule has 0 amide bonds. The number of sulfonamides is 1. The van der Waals surface area contributed by atoms with E-state index < -0.39 is 10.0 Å². The van der Waals surface area contributed by atoms with Crippen LogP contribution in [0.5, 0.6) is 0 Å². The van der Waals surface area contributed by atoms with Crippen molar-refractivity contribution < 1.29 is 8.42 Å². The molecule has 140 valence electrons. The van der Waals surface area contributed by atoms with E-state index >= 15 is 0 Å². The van der Waals surface area contributed by atoms with E-state index in [0.29, 0.717) is 0 Å². The smallest absolute Gasteiger partial charge is 0.240 e. The number of hydrogen-bond acceptors (Lipinski definition) is 3. The summed E-state index contributed by atoms with van der Waals surface area (Å²) in [6, 6.07) is 26.5. The monoisotopic (exact) mass is 380 g/mol. The largest absolute Gasteiger partial charge is 0.366 e. The number of hydrogen-bond donors (Lipinski definition) is 1. The van der Waals surface area contributed by atoms with E-state index in [1.807, 2.05) is 62.5 Å². The molecule has 0 heterocycles. The Balaban J connectivity index is 1.87. The minimum absolute atomic E-state index is 0.133. The molecule has 0 aliphatic rings. The fraction of sp³-hybridized carbons (Fsp3) is 0.182. The molecule has 0 saturated carbocycles. The summed E-state index contributed by atoms with van der Waals surface area (Å²) in [6.45, 7) is 2.32. The molecule has 5 heteroatoms. The molecule has 4 nitrogen and oxygen atoms in total. The number of benzene rings is 3. The molecule has 0 saturated heterocycles. The first-order valence-electron chi connectivity index (χ1n) is 8.86. The van der Waals surface area contributed by atoms with Gasteiger partial charge in [0.25, 0.3) is 0 Å². The summed E-state index contributed by atoms with van der Waals surface area (Å²) in [5, 5.41) is 0. The highest BCUT2D eigenvalue weighted by Gasteiger charge is 2.21. The molecule has 1 atom stereocenters. The van der Waals surface area contributed by atoms with Crippen molar-refractivity contribution in [1.82, 2.24) is 4.72 Å². The van der Waals surface area contributed by atoms with Crippen LogP contribution in [0.2, 0.25) is 0 Å².